The number of fused-ring (bicyclic) bond motifs is 1. The van der Waals surface area contributed by atoms with Gasteiger partial charge in [-0.25, -0.2) is 0 Å². The first-order chi connectivity index (χ1) is 6.98. The molecule has 0 unspecified atom stereocenters. The summed E-state index contributed by atoms with van der Waals surface area (Å²) in [5, 5.41) is 0.978. The normalized spacial score (nSPS) is 12.0. The second-order valence-corrected chi connectivity index (χ2v) is 3.58. The number of benzene rings is 2. The van der Waals surface area contributed by atoms with E-state index in [-0.39, 0.29) is 5.02 Å². The van der Waals surface area contributed by atoms with E-state index >= 15 is 0 Å². The maximum atomic E-state index is 12.5. The van der Waals surface area contributed by atoms with Crippen molar-refractivity contribution < 1.29 is 13.2 Å². The van der Waals surface area contributed by atoms with Gasteiger partial charge >= 0.3 is 6.18 Å². The molecule has 15 heavy (non-hydrogen) atoms. The Bertz CT molecular complexity index is 503. The lowest BCUT2D eigenvalue weighted by Gasteiger charge is -2.09. The predicted octanol–water partition coefficient (Wildman–Crippen LogP) is 4.51. The van der Waals surface area contributed by atoms with E-state index in [1.807, 2.05) is 0 Å². The van der Waals surface area contributed by atoms with E-state index in [0.717, 1.165) is 6.07 Å². The molecule has 0 aliphatic carbocycles. The minimum atomic E-state index is -4.40. The van der Waals surface area contributed by atoms with Crippen LogP contribution in [0, 0.1) is 0 Å². The minimum absolute atomic E-state index is 0.263. The van der Waals surface area contributed by atoms with Crippen LogP contribution in [0.25, 0.3) is 10.8 Å². The molecule has 0 radical (unpaired) electrons. The van der Waals surface area contributed by atoms with E-state index in [2.05, 4.69) is 0 Å². The minimum Gasteiger partial charge on any atom is -0.166 e. The van der Waals surface area contributed by atoms with Gasteiger partial charge < -0.3 is 0 Å². The zero-order valence-electron chi connectivity index (χ0n) is 7.48. The summed E-state index contributed by atoms with van der Waals surface area (Å²) in [5.41, 5.74) is -0.789. The monoisotopic (exact) mass is 230 g/mol. The highest BCUT2D eigenvalue weighted by atomic mass is 35.5. The molecule has 0 aliphatic rings. The van der Waals surface area contributed by atoms with E-state index < -0.39 is 11.7 Å². The Morgan fingerprint density at radius 2 is 1.47 bits per heavy atom. The zero-order chi connectivity index (χ0) is 11.1. The Balaban J connectivity index is 2.73. The first-order valence-corrected chi connectivity index (χ1v) is 4.62. The number of rotatable bonds is 0. The van der Waals surface area contributed by atoms with Gasteiger partial charge in [0.1, 0.15) is 0 Å². The Kier molecular flexibility index (Phi) is 2.35. The molecule has 2 rings (SSSR count). The van der Waals surface area contributed by atoms with Gasteiger partial charge in [0.05, 0.1) is 10.6 Å². The summed E-state index contributed by atoms with van der Waals surface area (Å²) in [5.74, 6) is 0. The molecule has 0 spiro atoms. The maximum absolute atomic E-state index is 12.5. The number of hydrogen-bond acceptors (Lipinski definition) is 0. The van der Waals surface area contributed by atoms with Gasteiger partial charge in [-0.1, -0.05) is 35.9 Å². The first-order valence-electron chi connectivity index (χ1n) is 4.24. The largest absolute Gasteiger partial charge is 0.417 e. The van der Waals surface area contributed by atoms with Crippen molar-refractivity contribution >= 4 is 22.4 Å². The van der Waals surface area contributed by atoms with E-state index in [9.17, 15) is 13.2 Å². The lowest BCUT2D eigenvalue weighted by atomic mass is 10.1. The molecule has 2 aromatic carbocycles. The Labute approximate surface area is 89.3 Å². The van der Waals surface area contributed by atoms with Crippen LogP contribution < -0.4 is 0 Å². The quantitative estimate of drug-likeness (QED) is 0.625. The molecule has 0 aromatic heterocycles. The van der Waals surface area contributed by atoms with Gasteiger partial charge in [-0.15, -0.1) is 0 Å². The van der Waals surface area contributed by atoms with Crippen molar-refractivity contribution in [3.8, 4) is 0 Å². The van der Waals surface area contributed by atoms with E-state index in [1.54, 1.807) is 24.3 Å². The standard InChI is InChI=1S/C11H6ClF3/c12-10-6-8-4-2-1-3-7(8)5-9(10)11(13,14)15/h1-6H. The Hall–Kier alpha value is -1.22. The summed E-state index contributed by atoms with van der Waals surface area (Å²) in [6.45, 7) is 0. The van der Waals surface area contributed by atoms with E-state index in [4.69, 9.17) is 11.6 Å². The zero-order valence-corrected chi connectivity index (χ0v) is 8.23. The van der Waals surface area contributed by atoms with Gasteiger partial charge in [-0.2, -0.15) is 13.2 Å². The molecule has 4 heteroatoms. The van der Waals surface area contributed by atoms with Crippen LogP contribution in [0.3, 0.4) is 0 Å². The molecule has 0 fully saturated rings. The van der Waals surface area contributed by atoms with Crippen molar-refractivity contribution in [3.63, 3.8) is 0 Å². The highest BCUT2D eigenvalue weighted by Crippen LogP contribution is 2.36. The second kappa shape index (κ2) is 3.42. The van der Waals surface area contributed by atoms with Gasteiger partial charge in [0.15, 0.2) is 0 Å². The smallest absolute Gasteiger partial charge is 0.166 e. The molecule has 0 saturated carbocycles. The first kappa shape index (κ1) is 10.3. The molecular formula is C11H6ClF3. The third-order valence-electron chi connectivity index (χ3n) is 2.14. The molecule has 0 bridgehead atoms. The maximum Gasteiger partial charge on any atom is 0.417 e. The lowest BCUT2D eigenvalue weighted by Crippen LogP contribution is -2.05. The average molecular weight is 231 g/mol. The van der Waals surface area contributed by atoms with Gasteiger partial charge in [0.2, 0.25) is 0 Å². The average Bonchev–Trinajstić information content (AvgIpc) is 2.15. The molecular weight excluding hydrogens is 225 g/mol. The fourth-order valence-electron chi connectivity index (χ4n) is 1.43. The van der Waals surface area contributed by atoms with Crippen molar-refractivity contribution in [2.45, 2.75) is 6.18 Å². The highest BCUT2D eigenvalue weighted by Gasteiger charge is 2.33. The van der Waals surface area contributed by atoms with Gasteiger partial charge in [0.25, 0.3) is 0 Å². The van der Waals surface area contributed by atoms with Gasteiger partial charge in [-0.05, 0) is 22.9 Å². The Morgan fingerprint density at radius 1 is 0.933 bits per heavy atom. The molecule has 0 heterocycles. The number of halogens is 4. The third-order valence-corrected chi connectivity index (χ3v) is 2.45. The van der Waals surface area contributed by atoms with E-state index in [0.29, 0.717) is 10.8 Å². The fourth-order valence-corrected chi connectivity index (χ4v) is 1.71. The second-order valence-electron chi connectivity index (χ2n) is 3.18. The summed E-state index contributed by atoms with van der Waals surface area (Å²) in [7, 11) is 0. The van der Waals surface area contributed by atoms with Crippen molar-refractivity contribution in [2.75, 3.05) is 0 Å². The summed E-state index contributed by atoms with van der Waals surface area (Å²) in [6.07, 6.45) is -4.40. The molecule has 0 amide bonds. The summed E-state index contributed by atoms with van der Waals surface area (Å²) >= 11 is 5.57. The molecule has 2 aromatic rings. The molecule has 0 saturated heterocycles. The Morgan fingerprint density at radius 3 is 2.00 bits per heavy atom. The van der Waals surface area contributed by atoms with Crippen LogP contribution in [-0.4, -0.2) is 0 Å². The number of alkyl halides is 3. The van der Waals surface area contributed by atoms with Crippen LogP contribution in [0.2, 0.25) is 5.02 Å². The lowest BCUT2D eigenvalue weighted by molar-refractivity contribution is -0.137. The van der Waals surface area contributed by atoms with Crippen LogP contribution in [0.1, 0.15) is 5.56 Å². The fraction of sp³-hybridized carbons (Fsp3) is 0.0909. The summed E-state index contributed by atoms with van der Waals surface area (Å²) in [6, 6.07) is 9.20. The van der Waals surface area contributed by atoms with Crippen molar-refractivity contribution in [3.05, 3.63) is 47.0 Å². The van der Waals surface area contributed by atoms with Crippen LogP contribution in [0.15, 0.2) is 36.4 Å². The summed E-state index contributed by atoms with van der Waals surface area (Å²) < 4.78 is 37.5. The highest BCUT2D eigenvalue weighted by molar-refractivity contribution is 6.32. The van der Waals surface area contributed by atoms with Crippen LogP contribution in [-0.2, 0) is 6.18 Å². The third kappa shape index (κ3) is 1.92. The van der Waals surface area contributed by atoms with E-state index in [1.165, 1.54) is 6.07 Å². The van der Waals surface area contributed by atoms with Gasteiger partial charge in [0, 0.05) is 0 Å². The molecule has 78 valence electrons. The van der Waals surface area contributed by atoms with Crippen molar-refractivity contribution in [1.82, 2.24) is 0 Å². The van der Waals surface area contributed by atoms with Crippen molar-refractivity contribution in [2.24, 2.45) is 0 Å². The van der Waals surface area contributed by atoms with Crippen LogP contribution in [0.4, 0.5) is 13.2 Å². The molecule has 0 atom stereocenters. The molecule has 0 aliphatic heterocycles. The summed E-state index contributed by atoms with van der Waals surface area (Å²) in [4.78, 5) is 0. The molecule has 0 nitrogen and oxygen atoms in total. The van der Waals surface area contributed by atoms with Crippen LogP contribution >= 0.6 is 11.6 Å². The van der Waals surface area contributed by atoms with Crippen molar-refractivity contribution in [1.29, 1.82) is 0 Å². The predicted molar refractivity (Wildman–Crippen MR) is 54.0 cm³/mol. The van der Waals surface area contributed by atoms with Crippen LogP contribution in [0.5, 0.6) is 0 Å². The SMILES string of the molecule is FC(F)(F)c1cc2ccccc2cc1Cl. The van der Waals surface area contributed by atoms with Gasteiger partial charge in [-0.3, -0.25) is 0 Å². The molecule has 0 N–H and O–H groups in total. The topological polar surface area (TPSA) is 0 Å². The number of hydrogen-bond donors (Lipinski definition) is 0.